The van der Waals surface area contributed by atoms with Crippen LogP contribution in [-0.4, -0.2) is 54.3 Å². The normalized spacial score (nSPS) is 37.4. The molecule has 5 nitrogen and oxygen atoms in total. The van der Waals surface area contributed by atoms with Gasteiger partial charge in [-0.1, -0.05) is 29.3 Å². The third-order valence-electron chi connectivity index (χ3n) is 9.43. The van der Waals surface area contributed by atoms with Crippen LogP contribution >= 0.6 is 23.2 Å². The number of rotatable bonds is 6. The van der Waals surface area contributed by atoms with Gasteiger partial charge in [-0.05, 0) is 72.0 Å². The summed E-state index contributed by atoms with van der Waals surface area (Å²) in [5, 5.41) is 4.25. The summed E-state index contributed by atoms with van der Waals surface area (Å²) in [7, 11) is 0. The van der Waals surface area contributed by atoms with E-state index in [2.05, 4.69) is 10.2 Å². The van der Waals surface area contributed by atoms with Crippen molar-refractivity contribution in [2.45, 2.75) is 38.6 Å². The molecule has 4 aliphatic carbocycles. The van der Waals surface area contributed by atoms with Crippen molar-refractivity contribution >= 4 is 35.0 Å². The molecule has 1 aliphatic heterocycles. The average Bonchev–Trinajstić information content (AvgIpc) is 2.69. The van der Waals surface area contributed by atoms with E-state index in [1.807, 2.05) is 17.0 Å². The van der Waals surface area contributed by atoms with E-state index in [1.165, 1.54) is 25.7 Å². The highest BCUT2D eigenvalue weighted by Gasteiger charge is 2.87. The fourth-order valence-corrected chi connectivity index (χ4v) is 8.63. The largest absolute Gasteiger partial charge is 0.347 e. The fourth-order valence-electron chi connectivity index (χ4n) is 8.16. The maximum Gasteiger partial charge on any atom is 0.242 e. The second-order valence-corrected chi connectivity index (χ2v) is 11.4. The molecule has 4 saturated carbocycles. The quantitative estimate of drug-likeness (QED) is 0.703. The van der Waals surface area contributed by atoms with Gasteiger partial charge in [0.1, 0.15) is 0 Å². The Bertz CT molecular complexity index is 917. The first kappa shape index (κ1) is 20.3. The van der Waals surface area contributed by atoms with E-state index in [-0.39, 0.29) is 18.4 Å². The maximum atomic E-state index is 12.6. The van der Waals surface area contributed by atoms with Crippen LogP contribution in [-0.2, 0) is 16.1 Å². The van der Waals surface area contributed by atoms with E-state index < -0.39 is 0 Å². The Labute approximate surface area is 193 Å². The molecule has 1 heterocycles. The summed E-state index contributed by atoms with van der Waals surface area (Å²) in [6.45, 7) is 3.83. The average molecular weight is 462 g/mol. The van der Waals surface area contributed by atoms with E-state index in [0.717, 1.165) is 43.0 Å². The Balaban J connectivity index is 0.946. The molecule has 0 aromatic heterocycles. The highest BCUT2D eigenvalue weighted by Crippen LogP contribution is 2.93. The van der Waals surface area contributed by atoms with Crippen LogP contribution in [0.15, 0.2) is 18.2 Å². The Kier molecular flexibility index (Phi) is 4.65. The lowest BCUT2D eigenvalue weighted by molar-refractivity contribution is -0.430. The number of nitrogens with one attached hydrogen (secondary N) is 1. The van der Waals surface area contributed by atoms with Crippen LogP contribution < -0.4 is 5.32 Å². The van der Waals surface area contributed by atoms with Crippen molar-refractivity contribution in [3.05, 3.63) is 33.8 Å². The van der Waals surface area contributed by atoms with Gasteiger partial charge in [-0.25, -0.2) is 0 Å². The number of benzene rings is 1. The van der Waals surface area contributed by atoms with Crippen molar-refractivity contribution in [1.82, 2.24) is 15.1 Å². The van der Waals surface area contributed by atoms with Gasteiger partial charge in [-0.15, -0.1) is 0 Å². The van der Waals surface area contributed by atoms with Crippen LogP contribution in [0.1, 0.15) is 37.7 Å². The van der Waals surface area contributed by atoms with Crippen LogP contribution in [0.4, 0.5) is 0 Å². The summed E-state index contributed by atoms with van der Waals surface area (Å²) in [5.41, 5.74) is 1.91. The molecule has 166 valence electrons. The van der Waals surface area contributed by atoms with Gasteiger partial charge in [0, 0.05) is 49.2 Å². The summed E-state index contributed by atoms with van der Waals surface area (Å²) in [6.07, 6.45) is 5.96. The van der Waals surface area contributed by atoms with E-state index in [9.17, 15) is 9.59 Å². The smallest absolute Gasteiger partial charge is 0.242 e. The summed E-state index contributed by atoms with van der Waals surface area (Å²) >= 11 is 12.3. The minimum atomic E-state index is 0.0244. The standard InChI is InChI=1S/C24H29Cl2N3O2/c25-19-2-1-15(20(26)9-19)14-28-3-5-29(6-4-28)22(31)13-27-21(30)12-23-10-17-7-16-8-18(11-23)24(16,17)23/h1-2,9,16-18H,3-8,10-14H2,(H,27,30). The van der Waals surface area contributed by atoms with E-state index in [1.54, 1.807) is 6.07 Å². The highest BCUT2D eigenvalue weighted by molar-refractivity contribution is 6.35. The Morgan fingerprint density at radius 1 is 1.03 bits per heavy atom. The van der Waals surface area contributed by atoms with Crippen molar-refractivity contribution in [1.29, 1.82) is 0 Å². The lowest BCUT2D eigenvalue weighted by atomic mass is 9.13. The molecule has 5 fully saturated rings. The van der Waals surface area contributed by atoms with E-state index in [4.69, 9.17) is 23.2 Å². The monoisotopic (exact) mass is 461 g/mol. The minimum absolute atomic E-state index is 0.0244. The molecule has 2 unspecified atom stereocenters. The van der Waals surface area contributed by atoms with E-state index >= 15 is 0 Å². The number of nitrogens with zero attached hydrogens (tertiary/aromatic N) is 2. The topological polar surface area (TPSA) is 52.7 Å². The second-order valence-electron chi connectivity index (χ2n) is 10.5. The minimum Gasteiger partial charge on any atom is -0.347 e. The van der Waals surface area contributed by atoms with Crippen molar-refractivity contribution in [3.8, 4) is 0 Å². The van der Waals surface area contributed by atoms with Crippen LogP contribution in [0.25, 0.3) is 0 Å². The van der Waals surface area contributed by atoms with Crippen molar-refractivity contribution in [3.63, 3.8) is 0 Å². The number of halogens is 2. The molecule has 2 amide bonds. The third-order valence-corrected chi connectivity index (χ3v) is 10.0. The number of hydrogen-bond acceptors (Lipinski definition) is 3. The Morgan fingerprint density at radius 2 is 1.74 bits per heavy atom. The molecule has 5 aliphatic rings. The van der Waals surface area contributed by atoms with Crippen molar-refractivity contribution in [2.24, 2.45) is 28.6 Å². The van der Waals surface area contributed by atoms with Gasteiger partial charge in [-0.2, -0.15) is 0 Å². The summed E-state index contributed by atoms with van der Waals surface area (Å²) < 4.78 is 0. The molecule has 1 aromatic rings. The summed E-state index contributed by atoms with van der Waals surface area (Å²) in [6, 6.07) is 5.58. The molecule has 0 bridgehead atoms. The van der Waals surface area contributed by atoms with Gasteiger partial charge >= 0.3 is 0 Å². The summed E-state index contributed by atoms with van der Waals surface area (Å²) in [5.74, 6) is 2.85. The molecular weight excluding hydrogens is 433 g/mol. The molecule has 0 radical (unpaired) electrons. The van der Waals surface area contributed by atoms with Gasteiger partial charge in [0.2, 0.25) is 11.8 Å². The predicted octanol–water partition coefficient (Wildman–Crippen LogP) is 3.58. The molecule has 1 spiro atoms. The van der Waals surface area contributed by atoms with Crippen LogP contribution in [0.5, 0.6) is 0 Å². The van der Waals surface area contributed by atoms with Gasteiger partial charge in [-0.3, -0.25) is 14.5 Å². The molecule has 2 atom stereocenters. The van der Waals surface area contributed by atoms with Crippen molar-refractivity contribution in [2.75, 3.05) is 32.7 Å². The zero-order chi connectivity index (χ0) is 21.4. The first-order valence-corrected chi connectivity index (χ1v) is 12.4. The zero-order valence-electron chi connectivity index (χ0n) is 17.7. The predicted molar refractivity (Wildman–Crippen MR) is 120 cm³/mol. The molecule has 6 rings (SSSR count). The SMILES string of the molecule is O=C(CC12CC3CC4CC(C1)C432)NCC(=O)N1CCN(Cc2ccc(Cl)cc2Cl)CC1. The van der Waals surface area contributed by atoms with Gasteiger partial charge in [0.25, 0.3) is 0 Å². The third kappa shape index (κ3) is 2.85. The molecular formula is C24H29Cl2N3O2. The number of hydrogen-bond donors (Lipinski definition) is 1. The summed E-state index contributed by atoms with van der Waals surface area (Å²) in [4.78, 5) is 29.4. The van der Waals surface area contributed by atoms with Gasteiger partial charge in [0.15, 0.2) is 0 Å². The highest BCUT2D eigenvalue weighted by atomic mass is 35.5. The van der Waals surface area contributed by atoms with Crippen LogP contribution in [0, 0.1) is 28.6 Å². The molecule has 1 N–H and O–H groups in total. The number of carbonyl (C=O) groups excluding carboxylic acids is 2. The number of amides is 2. The fraction of sp³-hybridized carbons (Fsp3) is 0.667. The van der Waals surface area contributed by atoms with Crippen LogP contribution in [0.2, 0.25) is 10.0 Å². The second kappa shape index (κ2) is 7.10. The van der Waals surface area contributed by atoms with Crippen LogP contribution in [0.3, 0.4) is 0 Å². The first-order valence-electron chi connectivity index (χ1n) is 11.6. The van der Waals surface area contributed by atoms with Gasteiger partial charge < -0.3 is 10.2 Å². The molecule has 7 heteroatoms. The molecule has 1 aromatic carbocycles. The Hall–Kier alpha value is -1.30. The van der Waals surface area contributed by atoms with Crippen molar-refractivity contribution < 1.29 is 9.59 Å². The number of carbonyl (C=O) groups is 2. The lowest BCUT2D eigenvalue weighted by Crippen LogP contribution is -2.85. The van der Waals surface area contributed by atoms with E-state index in [0.29, 0.717) is 40.4 Å². The molecule has 1 saturated heterocycles. The zero-order valence-corrected chi connectivity index (χ0v) is 19.2. The lowest BCUT2D eigenvalue weighted by Gasteiger charge is -2.91. The number of piperazine rings is 1. The first-order chi connectivity index (χ1) is 14.9. The Morgan fingerprint density at radius 3 is 2.35 bits per heavy atom. The molecule has 31 heavy (non-hydrogen) atoms. The van der Waals surface area contributed by atoms with Gasteiger partial charge in [0.05, 0.1) is 6.54 Å². The maximum absolute atomic E-state index is 12.6.